The minimum atomic E-state index is -0.479. The summed E-state index contributed by atoms with van der Waals surface area (Å²) < 4.78 is 4.68. The van der Waals surface area contributed by atoms with E-state index in [1.165, 1.54) is 25.3 Å². The molecule has 0 aliphatic carbocycles. The van der Waals surface area contributed by atoms with Crippen LogP contribution in [0.4, 0.5) is 5.69 Å². The van der Waals surface area contributed by atoms with Gasteiger partial charge in [-0.3, -0.25) is 19.7 Å². The SMILES string of the molecule is COC(=O)C(C)CN(C(=O)/C=C/c1ccc([N+](=O)[O-])cc1)C(C)C. The third kappa shape index (κ3) is 5.49. The number of rotatable bonds is 7. The Morgan fingerprint density at radius 3 is 2.29 bits per heavy atom. The van der Waals surface area contributed by atoms with E-state index in [0.717, 1.165) is 0 Å². The van der Waals surface area contributed by atoms with E-state index >= 15 is 0 Å². The van der Waals surface area contributed by atoms with Gasteiger partial charge in [0.1, 0.15) is 0 Å². The topological polar surface area (TPSA) is 89.8 Å². The molecular weight excluding hydrogens is 312 g/mol. The number of hydrogen-bond donors (Lipinski definition) is 0. The van der Waals surface area contributed by atoms with Gasteiger partial charge in [-0.1, -0.05) is 6.92 Å². The Hall–Kier alpha value is -2.70. The number of ether oxygens (including phenoxy) is 1. The Morgan fingerprint density at radius 1 is 1.25 bits per heavy atom. The normalized spacial score (nSPS) is 12.2. The molecule has 0 spiro atoms. The molecule has 1 amide bonds. The van der Waals surface area contributed by atoms with Crippen molar-refractivity contribution in [3.8, 4) is 0 Å². The minimum Gasteiger partial charge on any atom is -0.469 e. The first-order chi connectivity index (χ1) is 11.3. The summed E-state index contributed by atoms with van der Waals surface area (Å²) in [5, 5.41) is 10.6. The molecule has 0 radical (unpaired) electrons. The fraction of sp³-hybridized carbons (Fsp3) is 0.412. The number of nitrogens with zero attached hydrogens (tertiary/aromatic N) is 2. The van der Waals surface area contributed by atoms with Crippen molar-refractivity contribution in [2.45, 2.75) is 26.8 Å². The van der Waals surface area contributed by atoms with E-state index < -0.39 is 10.8 Å². The minimum absolute atomic E-state index is 0.00538. The van der Waals surface area contributed by atoms with E-state index in [1.807, 2.05) is 13.8 Å². The molecule has 0 aliphatic rings. The third-order valence-electron chi connectivity index (χ3n) is 3.50. The van der Waals surface area contributed by atoms with Crippen LogP contribution in [0, 0.1) is 16.0 Å². The molecule has 1 unspecified atom stereocenters. The summed E-state index contributed by atoms with van der Waals surface area (Å²) in [6.07, 6.45) is 2.98. The van der Waals surface area contributed by atoms with E-state index in [0.29, 0.717) is 5.56 Å². The summed E-state index contributed by atoms with van der Waals surface area (Å²) >= 11 is 0. The molecular formula is C17H22N2O5. The van der Waals surface area contributed by atoms with Gasteiger partial charge in [-0.2, -0.15) is 0 Å². The highest BCUT2D eigenvalue weighted by atomic mass is 16.6. The standard InChI is InChI=1S/C17H22N2O5/c1-12(2)18(11-13(3)17(21)24-4)16(20)10-7-14-5-8-15(9-6-14)19(22)23/h5-10,12-13H,11H2,1-4H3/b10-7+. The van der Waals surface area contributed by atoms with Crippen molar-refractivity contribution < 1.29 is 19.2 Å². The second-order valence-electron chi connectivity index (χ2n) is 5.69. The zero-order chi connectivity index (χ0) is 18.3. The molecule has 1 aromatic rings. The summed E-state index contributed by atoms with van der Waals surface area (Å²) in [5.74, 6) is -1.03. The highest BCUT2D eigenvalue weighted by Gasteiger charge is 2.22. The van der Waals surface area contributed by atoms with Crippen molar-refractivity contribution in [2.75, 3.05) is 13.7 Å². The van der Waals surface area contributed by atoms with Crippen LogP contribution in [0.3, 0.4) is 0 Å². The number of carbonyl (C=O) groups is 2. The Morgan fingerprint density at radius 2 is 1.83 bits per heavy atom. The van der Waals surface area contributed by atoms with E-state index in [4.69, 9.17) is 0 Å². The Kier molecular flexibility index (Phi) is 7.10. The number of hydrogen-bond acceptors (Lipinski definition) is 5. The molecule has 1 rings (SSSR count). The van der Waals surface area contributed by atoms with Crippen LogP contribution >= 0.6 is 0 Å². The van der Waals surface area contributed by atoms with Crippen LogP contribution in [0.15, 0.2) is 30.3 Å². The second kappa shape index (κ2) is 8.81. The quantitative estimate of drug-likeness (QED) is 0.331. The molecule has 1 atom stereocenters. The predicted molar refractivity (Wildman–Crippen MR) is 90.2 cm³/mol. The molecule has 0 aliphatic heterocycles. The maximum Gasteiger partial charge on any atom is 0.310 e. The molecule has 0 bridgehead atoms. The van der Waals surface area contributed by atoms with Crippen molar-refractivity contribution in [1.29, 1.82) is 0 Å². The smallest absolute Gasteiger partial charge is 0.310 e. The number of benzene rings is 1. The van der Waals surface area contributed by atoms with Gasteiger partial charge in [0.25, 0.3) is 5.69 Å². The van der Waals surface area contributed by atoms with Gasteiger partial charge in [0.2, 0.25) is 5.91 Å². The van der Waals surface area contributed by atoms with Crippen LogP contribution in [0.5, 0.6) is 0 Å². The van der Waals surface area contributed by atoms with E-state index in [1.54, 1.807) is 30.0 Å². The van der Waals surface area contributed by atoms with Crippen LogP contribution < -0.4 is 0 Å². The largest absolute Gasteiger partial charge is 0.469 e. The lowest BCUT2D eigenvalue weighted by atomic mass is 10.1. The zero-order valence-corrected chi connectivity index (χ0v) is 14.3. The average Bonchev–Trinajstić information content (AvgIpc) is 2.56. The highest BCUT2D eigenvalue weighted by Crippen LogP contribution is 2.14. The number of nitro benzene ring substituents is 1. The molecule has 0 N–H and O–H groups in total. The van der Waals surface area contributed by atoms with Crippen molar-refractivity contribution >= 4 is 23.6 Å². The first-order valence-electron chi connectivity index (χ1n) is 7.57. The monoisotopic (exact) mass is 334 g/mol. The van der Waals surface area contributed by atoms with Crippen LogP contribution in [0.2, 0.25) is 0 Å². The maximum atomic E-state index is 12.4. The fourth-order valence-electron chi connectivity index (χ4n) is 2.10. The average molecular weight is 334 g/mol. The Balaban J connectivity index is 2.80. The summed E-state index contributed by atoms with van der Waals surface area (Å²) in [6.45, 7) is 5.69. The zero-order valence-electron chi connectivity index (χ0n) is 14.3. The summed E-state index contributed by atoms with van der Waals surface area (Å²) in [5.41, 5.74) is 0.674. The molecule has 0 aromatic heterocycles. The summed E-state index contributed by atoms with van der Waals surface area (Å²) in [7, 11) is 1.31. The van der Waals surface area contributed by atoms with E-state index in [2.05, 4.69) is 4.74 Å². The molecule has 7 heteroatoms. The predicted octanol–water partition coefficient (Wildman–Crippen LogP) is 2.65. The van der Waals surface area contributed by atoms with E-state index in [9.17, 15) is 19.7 Å². The number of methoxy groups -OCH3 is 1. The second-order valence-corrected chi connectivity index (χ2v) is 5.69. The van der Waals surface area contributed by atoms with Gasteiger partial charge in [0.05, 0.1) is 18.0 Å². The van der Waals surface area contributed by atoms with Crippen molar-refractivity contribution in [1.82, 2.24) is 4.90 Å². The Labute approximate surface area is 141 Å². The molecule has 7 nitrogen and oxygen atoms in total. The molecule has 0 heterocycles. The van der Waals surface area contributed by atoms with Crippen molar-refractivity contribution in [2.24, 2.45) is 5.92 Å². The van der Waals surface area contributed by atoms with Gasteiger partial charge < -0.3 is 9.64 Å². The number of esters is 1. The number of amides is 1. The maximum absolute atomic E-state index is 12.4. The van der Waals surface area contributed by atoms with Gasteiger partial charge in [-0.15, -0.1) is 0 Å². The lowest BCUT2D eigenvalue weighted by molar-refractivity contribution is -0.384. The molecule has 0 saturated heterocycles. The van der Waals surface area contributed by atoms with Gasteiger partial charge in [0, 0.05) is 30.8 Å². The van der Waals surface area contributed by atoms with Crippen LogP contribution in [0.1, 0.15) is 26.3 Å². The van der Waals surface area contributed by atoms with Gasteiger partial charge in [0.15, 0.2) is 0 Å². The van der Waals surface area contributed by atoms with Crippen molar-refractivity contribution in [3.05, 3.63) is 46.0 Å². The Bertz CT molecular complexity index is 622. The fourth-order valence-corrected chi connectivity index (χ4v) is 2.10. The molecule has 24 heavy (non-hydrogen) atoms. The van der Waals surface area contributed by atoms with E-state index in [-0.39, 0.29) is 30.2 Å². The van der Waals surface area contributed by atoms with Crippen LogP contribution in [0.25, 0.3) is 6.08 Å². The first-order valence-corrected chi connectivity index (χ1v) is 7.57. The number of nitro groups is 1. The van der Waals surface area contributed by atoms with Gasteiger partial charge >= 0.3 is 5.97 Å². The number of carbonyl (C=O) groups excluding carboxylic acids is 2. The molecule has 1 aromatic carbocycles. The summed E-state index contributed by atoms with van der Waals surface area (Å²) in [6, 6.07) is 5.82. The summed E-state index contributed by atoms with van der Waals surface area (Å²) in [4.78, 5) is 35.6. The van der Waals surface area contributed by atoms with Crippen LogP contribution in [-0.2, 0) is 14.3 Å². The lowest BCUT2D eigenvalue weighted by Gasteiger charge is -2.27. The van der Waals surface area contributed by atoms with Gasteiger partial charge in [-0.25, -0.2) is 0 Å². The molecule has 130 valence electrons. The molecule has 0 saturated carbocycles. The van der Waals surface area contributed by atoms with Crippen molar-refractivity contribution in [3.63, 3.8) is 0 Å². The lowest BCUT2D eigenvalue weighted by Crippen LogP contribution is -2.40. The number of non-ortho nitro benzene ring substituents is 1. The van der Waals surface area contributed by atoms with Crippen LogP contribution in [-0.4, -0.2) is 41.4 Å². The highest BCUT2D eigenvalue weighted by molar-refractivity contribution is 5.92. The molecule has 0 fully saturated rings. The first kappa shape index (κ1) is 19.3. The van der Waals surface area contributed by atoms with Gasteiger partial charge in [-0.05, 0) is 37.6 Å². The third-order valence-corrected chi connectivity index (χ3v) is 3.50.